The fourth-order valence-corrected chi connectivity index (χ4v) is 2.08. The Morgan fingerprint density at radius 2 is 1.95 bits per heavy atom. The summed E-state index contributed by atoms with van der Waals surface area (Å²) in [5, 5.41) is 3.35. The van der Waals surface area contributed by atoms with Crippen molar-refractivity contribution in [3.63, 3.8) is 0 Å². The third kappa shape index (κ3) is 3.55. The van der Waals surface area contributed by atoms with Gasteiger partial charge >= 0.3 is 5.97 Å². The van der Waals surface area contributed by atoms with Crippen LogP contribution in [0.3, 0.4) is 0 Å². The van der Waals surface area contributed by atoms with Gasteiger partial charge in [-0.2, -0.15) is 0 Å². The molecule has 1 aromatic rings. The zero-order chi connectivity index (χ0) is 14.3. The highest BCUT2D eigenvalue weighted by Crippen LogP contribution is 2.24. The van der Waals surface area contributed by atoms with Crippen molar-refractivity contribution in [2.24, 2.45) is 0 Å². The van der Waals surface area contributed by atoms with Gasteiger partial charge in [-0.05, 0) is 18.9 Å². The molecule has 0 radical (unpaired) electrons. The zero-order valence-corrected chi connectivity index (χ0v) is 12.1. The lowest BCUT2D eigenvalue weighted by Crippen LogP contribution is -2.56. The maximum Gasteiger partial charge on any atom is 0.333 e. The van der Waals surface area contributed by atoms with Gasteiger partial charge in [0.15, 0.2) is 5.54 Å². The number of carbonyl (C=O) groups excluding carboxylic acids is 1. The summed E-state index contributed by atoms with van der Waals surface area (Å²) in [6.07, 6.45) is 0.912. The molecule has 0 aromatic heterocycles. The molecule has 0 aliphatic heterocycles. The predicted octanol–water partition coefficient (Wildman–Crippen LogP) is 2.09. The molecule has 106 valence electrons. The van der Waals surface area contributed by atoms with Crippen molar-refractivity contribution in [2.45, 2.75) is 31.8 Å². The van der Waals surface area contributed by atoms with Crippen molar-refractivity contribution >= 4 is 5.97 Å². The number of benzene rings is 1. The van der Waals surface area contributed by atoms with Gasteiger partial charge in [0.25, 0.3) is 0 Å². The third-order valence-corrected chi connectivity index (χ3v) is 3.27. The van der Waals surface area contributed by atoms with Crippen LogP contribution >= 0.6 is 0 Å². The summed E-state index contributed by atoms with van der Waals surface area (Å²) in [7, 11) is 2.98. The van der Waals surface area contributed by atoms with Crippen LogP contribution < -0.4 is 5.32 Å². The fraction of sp³-hybridized carbons (Fsp3) is 0.533. The lowest BCUT2D eigenvalue weighted by Gasteiger charge is -2.34. The molecule has 1 N–H and O–H groups in total. The molecular weight excluding hydrogens is 242 g/mol. The Labute approximate surface area is 115 Å². The molecular formula is C15H23NO3. The van der Waals surface area contributed by atoms with Crippen molar-refractivity contribution < 1.29 is 14.3 Å². The van der Waals surface area contributed by atoms with E-state index in [9.17, 15) is 4.79 Å². The molecule has 1 aromatic carbocycles. The van der Waals surface area contributed by atoms with E-state index in [2.05, 4.69) is 12.2 Å². The van der Waals surface area contributed by atoms with Gasteiger partial charge < -0.3 is 9.47 Å². The SMILES string of the molecule is CCC(C)NC(COC)(C(=O)OC)c1ccccc1. The van der Waals surface area contributed by atoms with Gasteiger partial charge in [0.2, 0.25) is 0 Å². The molecule has 2 atom stereocenters. The van der Waals surface area contributed by atoms with Crippen LogP contribution in [0.5, 0.6) is 0 Å². The number of ether oxygens (including phenoxy) is 2. The van der Waals surface area contributed by atoms with Crippen LogP contribution in [0.2, 0.25) is 0 Å². The van der Waals surface area contributed by atoms with Crippen molar-refractivity contribution in [1.29, 1.82) is 0 Å². The molecule has 0 heterocycles. The quantitative estimate of drug-likeness (QED) is 0.767. The highest BCUT2D eigenvalue weighted by Gasteiger charge is 2.42. The van der Waals surface area contributed by atoms with Gasteiger partial charge in [-0.1, -0.05) is 37.3 Å². The third-order valence-electron chi connectivity index (χ3n) is 3.27. The Bertz CT molecular complexity index is 394. The normalized spacial score (nSPS) is 15.6. The van der Waals surface area contributed by atoms with Crippen molar-refractivity contribution in [3.05, 3.63) is 35.9 Å². The van der Waals surface area contributed by atoms with E-state index in [0.29, 0.717) is 0 Å². The summed E-state index contributed by atoms with van der Waals surface area (Å²) >= 11 is 0. The molecule has 0 fully saturated rings. The lowest BCUT2D eigenvalue weighted by molar-refractivity contribution is -0.152. The molecule has 0 aliphatic rings. The Kier molecular flexibility index (Phi) is 5.99. The molecule has 2 unspecified atom stereocenters. The standard InChI is InChI=1S/C15H23NO3/c1-5-12(2)16-15(11-18-3,14(17)19-4)13-9-7-6-8-10-13/h6-10,12,16H,5,11H2,1-4H3. The summed E-state index contributed by atoms with van der Waals surface area (Å²) in [6.45, 7) is 4.34. The van der Waals surface area contributed by atoms with E-state index in [4.69, 9.17) is 9.47 Å². The van der Waals surface area contributed by atoms with Crippen molar-refractivity contribution in [3.8, 4) is 0 Å². The summed E-state index contributed by atoms with van der Waals surface area (Å²) in [5.74, 6) is -0.333. The summed E-state index contributed by atoms with van der Waals surface area (Å²) in [5.41, 5.74) is -0.107. The Morgan fingerprint density at radius 3 is 2.42 bits per heavy atom. The van der Waals surface area contributed by atoms with E-state index in [1.165, 1.54) is 7.11 Å². The minimum atomic E-state index is -0.958. The maximum absolute atomic E-state index is 12.3. The fourth-order valence-electron chi connectivity index (χ4n) is 2.08. The summed E-state index contributed by atoms with van der Waals surface area (Å²) < 4.78 is 10.3. The van der Waals surface area contributed by atoms with Crippen molar-refractivity contribution in [2.75, 3.05) is 20.8 Å². The van der Waals surface area contributed by atoms with Crippen LogP contribution in [0, 0.1) is 0 Å². The monoisotopic (exact) mass is 265 g/mol. The number of hydrogen-bond donors (Lipinski definition) is 1. The van der Waals surface area contributed by atoms with Gasteiger partial charge in [-0.25, -0.2) is 4.79 Å². The van der Waals surface area contributed by atoms with E-state index in [-0.39, 0.29) is 18.6 Å². The second kappa shape index (κ2) is 7.26. The molecule has 0 spiro atoms. The number of carbonyl (C=O) groups is 1. The topological polar surface area (TPSA) is 47.6 Å². The lowest BCUT2D eigenvalue weighted by atomic mass is 9.89. The average molecular weight is 265 g/mol. The number of nitrogens with one attached hydrogen (secondary N) is 1. The first kappa shape index (κ1) is 15.7. The number of hydrogen-bond acceptors (Lipinski definition) is 4. The minimum Gasteiger partial charge on any atom is -0.467 e. The number of methoxy groups -OCH3 is 2. The average Bonchev–Trinajstić information content (AvgIpc) is 2.46. The molecule has 0 saturated heterocycles. The van der Waals surface area contributed by atoms with E-state index in [1.807, 2.05) is 37.3 Å². The summed E-state index contributed by atoms with van der Waals surface area (Å²) in [4.78, 5) is 12.3. The first-order chi connectivity index (χ1) is 9.10. The smallest absolute Gasteiger partial charge is 0.333 e. The van der Waals surface area contributed by atoms with Gasteiger partial charge in [0.05, 0.1) is 13.7 Å². The molecule has 0 bridgehead atoms. The van der Waals surface area contributed by atoms with E-state index in [0.717, 1.165) is 12.0 Å². The Balaban J connectivity index is 3.22. The van der Waals surface area contributed by atoms with Crippen LogP contribution in [0.15, 0.2) is 30.3 Å². The van der Waals surface area contributed by atoms with E-state index >= 15 is 0 Å². The first-order valence-electron chi connectivity index (χ1n) is 6.51. The molecule has 4 nitrogen and oxygen atoms in total. The molecule has 0 amide bonds. The minimum absolute atomic E-state index is 0.175. The molecule has 1 rings (SSSR count). The molecule has 0 saturated carbocycles. The Hall–Kier alpha value is -1.39. The second-order valence-electron chi connectivity index (χ2n) is 4.65. The van der Waals surface area contributed by atoms with Gasteiger partial charge in [0, 0.05) is 13.2 Å². The maximum atomic E-state index is 12.3. The largest absolute Gasteiger partial charge is 0.467 e. The number of rotatable bonds is 7. The van der Waals surface area contributed by atoms with Crippen LogP contribution in [0.25, 0.3) is 0 Å². The molecule has 0 aliphatic carbocycles. The van der Waals surface area contributed by atoms with Crippen LogP contribution in [0.1, 0.15) is 25.8 Å². The van der Waals surface area contributed by atoms with Crippen LogP contribution in [0.4, 0.5) is 0 Å². The van der Waals surface area contributed by atoms with Gasteiger partial charge in [-0.3, -0.25) is 5.32 Å². The summed E-state index contributed by atoms with van der Waals surface area (Å²) in [6, 6.07) is 9.72. The predicted molar refractivity (Wildman–Crippen MR) is 74.9 cm³/mol. The molecule has 4 heteroatoms. The van der Waals surface area contributed by atoms with E-state index < -0.39 is 5.54 Å². The Morgan fingerprint density at radius 1 is 1.32 bits per heavy atom. The van der Waals surface area contributed by atoms with Gasteiger partial charge in [-0.15, -0.1) is 0 Å². The first-order valence-corrected chi connectivity index (χ1v) is 6.51. The van der Waals surface area contributed by atoms with Crippen molar-refractivity contribution in [1.82, 2.24) is 5.32 Å². The highest BCUT2D eigenvalue weighted by atomic mass is 16.5. The van der Waals surface area contributed by atoms with Crippen LogP contribution in [-0.4, -0.2) is 32.8 Å². The second-order valence-corrected chi connectivity index (χ2v) is 4.65. The highest BCUT2D eigenvalue weighted by molar-refractivity contribution is 5.83. The number of esters is 1. The molecule has 19 heavy (non-hydrogen) atoms. The van der Waals surface area contributed by atoms with Gasteiger partial charge in [0.1, 0.15) is 0 Å². The van der Waals surface area contributed by atoms with Crippen LogP contribution in [-0.2, 0) is 19.8 Å². The van der Waals surface area contributed by atoms with E-state index in [1.54, 1.807) is 7.11 Å². The zero-order valence-electron chi connectivity index (χ0n) is 12.1.